The fraction of sp³-hybridized carbons (Fsp3) is 0.273. The molecule has 2 aromatic carbocycles. The molecular formula is C22H21Cl2N3O4. The number of aryl methyl sites for hydroxylation is 2. The lowest BCUT2D eigenvalue weighted by molar-refractivity contribution is -0.146. The van der Waals surface area contributed by atoms with Crippen LogP contribution in [0.2, 0.25) is 10.0 Å². The highest BCUT2D eigenvalue weighted by atomic mass is 35.5. The van der Waals surface area contributed by atoms with E-state index in [0.29, 0.717) is 10.7 Å². The predicted octanol–water partition coefficient (Wildman–Crippen LogP) is 3.83. The van der Waals surface area contributed by atoms with Crippen LogP contribution >= 0.6 is 23.2 Å². The second-order valence-electron chi connectivity index (χ2n) is 6.77. The normalized spacial score (nSPS) is 10.2. The van der Waals surface area contributed by atoms with Gasteiger partial charge in [0.05, 0.1) is 22.5 Å². The first-order chi connectivity index (χ1) is 14.7. The molecule has 0 aromatic heterocycles. The molecule has 0 aliphatic rings. The lowest BCUT2D eigenvalue weighted by Crippen LogP contribution is -2.37. The molecule has 0 unspecified atom stereocenters. The first-order valence-corrected chi connectivity index (χ1v) is 10.1. The van der Waals surface area contributed by atoms with Crippen molar-refractivity contribution in [3.05, 3.63) is 63.1 Å². The van der Waals surface area contributed by atoms with Crippen LogP contribution in [0.4, 0.5) is 5.69 Å². The average Bonchev–Trinajstić information content (AvgIpc) is 2.72. The standard InChI is InChI=1S/C22H21Cl2N3O4/c1-14-8-15(2)10-17(9-14)27(7-3-6-25)20(28)13-31-21(29)12-26-22(30)16-4-5-18(23)19(24)11-16/h4-5,8-11H,3,7,12-13H2,1-2H3,(H,26,30). The van der Waals surface area contributed by atoms with Crippen LogP contribution in [0.1, 0.15) is 27.9 Å². The Morgan fingerprint density at radius 2 is 1.74 bits per heavy atom. The van der Waals surface area contributed by atoms with Gasteiger partial charge in [0.15, 0.2) is 6.61 Å². The van der Waals surface area contributed by atoms with Gasteiger partial charge in [-0.15, -0.1) is 0 Å². The SMILES string of the molecule is Cc1cc(C)cc(N(CCC#N)C(=O)COC(=O)CNC(=O)c2ccc(Cl)c(Cl)c2)c1. The molecule has 1 N–H and O–H groups in total. The van der Waals surface area contributed by atoms with Crippen LogP contribution < -0.4 is 10.2 Å². The highest BCUT2D eigenvalue weighted by Gasteiger charge is 2.19. The van der Waals surface area contributed by atoms with Crippen molar-refractivity contribution >= 4 is 46.7 Å². The number of halogens is 2. The van der Waals surface area contributed by atoms with Crippen molar-refractivity contribution in [1.82, 2.24) is 5.32 Å². The topological polar surface area (TPSA) is 99.5 Å². The third-order valence-electron chi connectivity index (χ3n) is 4.20. The second-order valence-corrected chi connectivity index (χ2v) is 7.59. The smallest absolute Gasteiger partial charge is 0.325 e. The highest BCUT2D eigenvalue weighted by molar-refractivity contribution is 6.42. The molecule has 0 atom stereocenters. The summed E-state index contributed by atoms with van der Waals surface area (Å²) in [5.74, 6) is -1.78. The Morgan fingerprint density at radius 1 is 1.06 bits per heavy atom. The van der Waals surface area contributed by atoms with Crippen LogP contribution in [0.5, 0.6) is 0 Å². The molecule has 0 fully saturated rings. The number of carbonyl (C=O) groups excluding carboxylic acids is 3. The van der Waals surface area contributed by atoms with Crippen LogP contribution in [-0.4, -0.2) is 37.5 Å². The number of anilines is 1. The summed E-state index contributed by atoms with van der Waals surface area (Å²) in [6.07, 6.45) is 0.131. The monoisotopic (exact) mass is 461 g/mol. The molecule has 2 rings (SSSR count). The number of ether oxygens (including phenoxy) is 1. The van der Waals surface area contributed by atoms with E-state index in [2.05, 4.69) is 5.32 Å². The van der Waals surface area contributed by atoms with Gasteiger partial charge in [-0.2, -0.15) is 5.26 Å². The molecule has 2 aromatic rings. The maximum Gasteiger partial charge on any atom is 0.325 e. The molecule has 9 heteroatoms. The Labute approximate surface area is 190 Å². The van der Waals surface area contributed by atoms with Crippen LogP contribution in [0.25, 0.3) is 0 Å². The van der Waals surface area contributed by atoms with Crippen molar-refractivity contribution in [3.8, 4) is 6.07 Å². The van der Waals surface area contributed by atoms with Crippen molar-refractivity contribution in [2.24, 2.45) is 0 Å². The van der Waals surface area contributed by atoms with Gasteiger partial charge in [0.2, 0.25) is 0 Å². The fourth-order valence-corrected chi connectivity index (χ4v) is 3.13. The predicted molar refractivity (Wildman–Crippen MR) is 118 cm³/mol. The maximum atomic E-state index is 12.6. The number of benzene rings is 2. The maximum absolute atomic E-state index is 12.6. The Kier molecular flexibility index (Phi) is 8.86. The van der Waals surface area contributed by atoms with Crippen molar-refractivity contribution in [1.29, 1.82) is 5.26 Å². The van der Waals surface area contributed by atoms with Gasteiger partial charge in [0.1, 0.15) is 6.54 Å². The molecular weight excluding hydrogens is 441 g/mol. The molecule has 0 bridgehead atoms. The van der Waals surface area contributed by atoms with E-state index >= 15 is 0 Å². The molecule has 31 heavy (non-hydrogen) atoms. The minimum atomic E-state index is -0.776. The Bertz CT molecular complexity index is 1010. The number of nitriles is 1. The summed E-state index contributed by atoms with van der Waals surface area (Å²) in [6.45, 7) is 3.04. The molecule has 7 nitrogen and oxygen atoms in total. The van der Waals surface area contributed by atoms with E-state index in [1.54, 1.807) is 0 Å². The molecule has 0 saturated heterocycles. The number of hydrogen-bond donors (Lipinski definition) is 1. The summed E-state index contributed by atoms with van der Waals surface area (Å²) in [6, 6.07) is 11.9. The molecule has 0 heterocycles. The fourth-order valence-electron chi connectivity index (χ4n) is 2.83. The largest absolute Gasteiger partial charge is 0.454 e. The number of nitrogens with one attached hydrogen (secondary N) is 1. The number of esters is 1. The Balaban J connectivity index is 1.93. The molecule has 0 radical (unpaired) electrons. The lowest BCUT2D eigenvalue weighted by atomic mass is 10.1. The van der Waals surface area contributed by atoms with Crippen LogP contribution in [-0.2, 0) is 14.3 Å². The first kappa shape index (κ1) is 24.2. The van der Waals surface area contributed by atoms with E-state index < -0.39 is 30.9 Å². The third-order valence-corrected chi connectivity index (χ3v) is 4.94. The lowest BCUT2D eigenvalue weighted by Gasteiger charge is -2.22. The summed E-state index contributed by atoms with van der Waals surface area (Å²) in [5.41, 5.74) is 2.79. The molecule has 0 spiro atoms. The summed E-state index contributed by atoms with van der Waals surface area (Å²) in [7, 11) is 0. The van der Waals surface area contributed by atoms with E-state index in [9.17, 15) is 14.4 Å². The Hall–Kier alpha value is -3.08. The first-order valence-electron chi connectivity index (χ1n) is 9.35. The Morgan fingerprint density at radius 3 is 2.35 bits per heavy atom. The zero-order chi connectivity index (χ0) is 23.0. The number of nitrogens with zero attached hydrogens (tertiary/aromatic N) is 2. The van der Waals surface area contributed by atoms with Gasteiger partial charge < -0.3 is 15.0 Å². The van der Waals surface area contributed by atoms with E-state index in [1.165, 1.54) is 23.1 Å². The zero-order valence-electron chi connectivity index (χ0n) is 17.1. The van der Waals surface area contributed by atoms with Gasteiger partial charge in [-0.3, -0.25) is 14.4 Å². The number of rotatable bonds is 8. The van der Waals surface area contributed by atoms with Gasteiger partial charge >= 0.3 is 5.97 Å². The van der Waals surface area contributed by atoms with Crippen LogP contribution in [0.3, 0.4) is 0 Å². The summed E-state index contributed by atoms with van der Waals surface area (Å²) in [5, 5.41) is 11.8. The van der Waals surface area contributed by atoms with Crippen molar-refractivity contribution in [2.75, 3.05) is 24.6 Å². The number of carbonyl (C=O) groups is 3. The van der Waals surface area contributed by atoms with Crippen LogP contribution in [0, 0.1) is 25.2 Å². The third kappa shape index (κ3) is 7.28. The minimum absolute atomic E-state index is 0.131. The molecule has 0 saturated carbocycles. The second kappa shape index (κ2) is 11.3. The van der Waals surface area contributed by atoms with Gasteiger partial charge in [0, 0.05) is 17.8 Å². The summed E-state index contributed by atoms with van der Waals surface area (Å²) >= 11 is 11.7. The van der Waals surface area contributed by atoms with Crippen LogP contribution in [0.15, 0.2) is 36.4 Å². The van der Waals surface area contributed by atoms with Gasteiger partial charge in [0.25, 0.3) is 11.8 Å². The number of hydrogen-bond acceptors (Lipinski definition) is 5. The van der Waals surface area contributed by atoms with Gasteiger partial charge in [-0.1, -0.05) is 29.3 Å². The van der Waals surface area contributed by atoms with Crippen molar-refractivity contribution in [3.63, 3.8) is 0 Å². The van der Waals surface area contributed by atoms with E-state index in [1.807, 2.05) is 38.1 Å². The molecule has 2 amide bonds. The van der Waals surface area contributed by atoms with Gasteiger partial charge in [-0.25, -0.2) is 0 Å². The van der Waals surface area contributed by atoms with E-state index in [-0.39, 0.29) is 23.6 Å². The zero-order valence-corrected chi connectivity index (χ0v) is 18.6. The summed E-state index contributed by atoms with van der Waals surface area (Å²) in [4.78, 5) is 38.1. The van der Waals surface area contributed by atoms with Crippen molar-refractivity contribution in [2.45, 2.75) is 20.3 Å². The average molecular weight is 462 g/mol. The molecule has 0 aliphatic heterocycles. The highest BCUT2D eigenvalue weighted by Crippen LogP contribution is 2.22. The van der Waals surface area contributed by atoms with E-state index in [4.69, 9.17) is 33.2 Å². The number of amides is 2. The van der Waals surface area contributed by atoms with E-state index in [0.717, 1.165) is 11.1 Å². The molecule has 162 valence electrons. The van der Waals surface area contributed by atoms with Crippen molar-refractivity contribution < 1.29 is 19.1 Å². The molecule has 0 aliphatic carbocycles. The van der Waals surface area contributed by atoms with Gasteiger partial charge in [-0.05, 0) is 55.3 Å². The summed E-state index contributed by atoms with van der Waals surface area (Å²) < 4.78 is 5.00. The quantitative estimate of drug-likeness (QED) is 0.602. The minimum Gasteiger partial charge on any atom is -0.454 e.